The molecular weight excluding hydrogens is 244 g/mol. The van der Waals surface area contributed by atoms with Crippen LogP contribution in [-0.2, 0) is 4.74 Å². The summed E-state index contributed by atoms with van der Waals surface area (Å²) in [5, 5.41) is 6.45. The first-order valence-electron chi connectivity index (χ1n) is 6.64. The van der Waals surface area contributed by atoms with Crippen LogP contribution >= 0.6 is 0 Å². The molecule has 7 heteroatoms. The van der Waals surface area contributed by atoms with Gasteiger partial charge in [-0.05, 0) is 19.3 Å². The maximum atomic E-state index is 5.86. The third-order valence-electron chi connectivity index (χ3n) is 3.94. The van der Waals surface area contributed by atoms with E-state index in [1.165, 1.54) is 6.42 Å². The summed E-state index contributed by atoms with van der Waals surface area (Å²) >= 11 is 0. The van der Waals surface area contributed by atoms with Gasteiger partial charge in [0, 0.05) is 7.05 Å². The summed E-state index contributed by atoms with van der Waals surface area (Å²) in [5.74, 6) is 1.37. The standard InChI is InChI=1S/C12H16N6O/c1-13-12-17-10-9(14-5-15-10)11(18-12)16-7-4-6-2-3-8(7)19-6/h5-8H,2-4H2,1H3,(H3,13,14,15,16,17,18). The first-order chi connectivity index (χ1) is 9.33. The molecule has 2 aromatic rings. The fourth-order valence-corrected chi connectivity index (χ4v) is 3.01. The van der Waals surface area contributed by atoms with Gasteiger partial charge in [-0.15, -0.1) is 0 Å². The number of H-pyrrole nitrogens is 1. The Balaban J connectivity index is 1.68. The highest BCUT2D eigenvalue weighted by Crippen LogP contribution is 2.36. The van der Waals surface area contributed by atoms with E-state index in [0.717, 1.165) is 24.2 Å². The van der Waals surface area contributed by atoms with Gasteiger partial charge in [0.2, 0.25) is 5.95 Å². The lowest BCUT2D eigenvalue weighted by molar-refractivity contribution is 0.102. The van der Waals surface area contributed by atoms with Gasteiger partial charge in [0.1, 0.15) is 5.52 Å². The lowest BCUT2D eigenvalue weighted by Crippen LogP contribution is -2.31. The van der Waals surface area contributed by atoms with Crippen LogP contribution in [-0.4, -0.2) is 45.2 Å². The van der Waals surface area contributed by atoms with E-state index >= 15 is 0 Å². The van der Waals surface area contributed by atoms with Crippen molar-refractivity contribution in [2.45, 2.75) is 37.5 Å². The third kappa shape index (κ3) is 1.73. The molecule has 2 aliphatic heterocycles. The summed E-state index contributed by atoms with van der Waals surface area (Å²) in [6.45, 7) is 0. The number of rotatable bonds is 3. The molecular formula is C12H16N6O. The van der Waals surface area contributed by atoms with Crippen molar-refractivity contribution in [1.82, 2.24) is 19.9 Å². The van der Waals surface area contributed by atoms with Crippen LogP contribution < -0.4 is 10.6 Å². The number of nitrogens with zero attached hydrogens (tertiary/aromatic N) is 3. The van der Waals surface area contributed by atoms with Crippen molar-refractivity contribution in [3.8, 4) is 0 Å². The molecule has 2 aliphatic rings. The second kappa shape index (κ2) is 4.06. The van der Waals surface area contributed by atoms with Crippen LogP contribution in [0.2, 0.25) is 0 Å². The van der Waals surface area contributed by atoms with Crippen molar-refractivity contribution in [1.29, 1.82) is 0 Å². The highest BCUT2D eigenvalue weighted by molar-refractivity contribution is 5.83. The molecule has 19 heavy (non-hydrogen) atoms. The van der Waals surface area contributed by atoms with Crippen LogP contribution in [0.1, 0.15) is 19.3 Å². The average Bonchev–Trinajstić information content (AvgIpc) is 3.13. The number of hydrogen-bond acceptors (Lipinski definition) is 6. The Morgan fingerprint density at radius 2 is 2.32 bits per heavy atom. The van der Waals surface area contributed by atoms with Crippen LogP contribution in [0, 0.1) is 0 Å². The van der Waals surface area contributed by atoms with Crippen molar-refractivity contribution in [3.05, 3.63) is 6.33 Å². The quantitative estimate of drug-likeness (QED) is 0.766. The first kappa shape index (κ1) is 11.0. The molecule has 100 valence electrons. The second-order valence-corrected chi connectivity index (χ2v) is 5.11. The van der Waals surface area contributed by atoms with Gasteiger partial charge in [0.25, 0.3) is 0 Å². The predicted octanol–water partition coefficient (Wildman–Crippen LogP) is 1.13. The lowest BCUT2D eigenvalue weighted by atomic mass is 9.95. The number of hydrogen-bond donors (Lipinski definition) is 3. The lowest BCUT2D eigenvalue weighted by Gasteiger charge is -2.20. The van der Waals surface area contributed by atoms with Crippen molar-refractivity contribution in [2.24, 2.45) is 0 Å². The number of anilines is 2. The molecule has 3 atom stereocenters. The van der Waals surface area contributed by atoms with Crippen LogP contribution in [0.15, 0.2) is 6.33 Å². The van der Waals surface area contributed by atoms with Gasteiger partial charge >= 0.3 is 0 Å². The minimum atomic E-state index is 0.316. The molecule has 0 amide bonds. The summed E-state index contributed by atoms with van der Waals surface area (Å²) in [6.07, 6.45) is 5.76. The van der Waals surface area contributed by atoms with E-state index in [1.54, 1.807) is 13.4 Å². The minimum Gasteiger partial charge on any atom is -0.373 e. The van der Waals surface area contributed by atoms with E-state index in [4.69, 9.17) is 4.74 Å². The Bertz CT molecular complexity index is 611. The molecule has 2 saturated heterocycles. The van der Waals surface area contributed by atoms with Crippen LogP contribution in [0.4, 0.5) is 11.8 Å². The summed E-state index contributed by atoms with van der Waals surface area (Å²) in [4.78, 5) is 16.1. The fraction of sp³-hybridized carbons (Fsp3) is 0.583. The third-order valence-corrected chi connectivity index (χ3v) is 3.94. The van der Waals surface area contributed by atoms with Crippen molar-refractivity contribution in [2.75, 3.05) is 17.7 Å². The molecule has 3 N–H and O–H groups in total. The van der Waals surface area contributed by atoms with Gasteiger partial charge < -0.3 is 20.4 Å². The van der Waals surface area contributed by atoms with Gasteiger partial charge in [-0.3, -0.25) is 0 Å². The summed E-state index contributed by atoms with van der Waals surface area (Å²) in [5.41, 5.74) is 1.52. The van der Waals surface area contributed by atoms with Gasteiger partial charge in [0.05, 0.1) is 24.6 Å². The highest BCUT2D eigenvalue weighted by atomic mass is 16.5. The minimum absolute atomic E-state index is 0.316. The number of nitrogens with one attached hydrogen (secondary N) is 3. The molecule has 7 nitrogen and oxygen atoms in total. The molecule has 3 unspecified atom stereocenters. The molecule has 2 fully saturated rings. The number of imidazole rings is 1. The predicted molar refractivity (Wildman–Crippen MR) is 71.2 cm³/mol. The average molecular weight is 260 g/mol. The van der Waals surface area contributed by atoms with Crippen LogP contribution in [0.5, 0.6) is 0 Å². The number of aromatic amines is 1. The molecule has 0 spiro atoms. The van der Waals surface area contributed by atoms with Crippen LogP contribution in [0.3, 0.4) is 0 Å². The second-order valence-electron chi connectivity index (χ2n) is 5.11. The van der Waals surface area contributed by atoms with E-state index < -0.39 is 0 Å². The molecule has 0 radical (unpaired) electrons. The molecule has 2 bridgehead atoms. The Kier molecular flexibility index (Phi) is 2.34. The maximum absolute atomic E-state index is 5.86. The normalized spacial score (nSPS) is 29.0. The van der Waals surface area contributed by atoms with Crippen molar-refractivity contribution >= 4 is 22.9 Å². The van der Waals surface area contributed by atoms with Gasteiger partial charge in [0.15, 0.2) is 11.5 Å². The summed E-state index contributed by atoms with van der Waals surface area (Å²) < 4.78 is 5.86. The Hall–Kier alpha value is -1.89. The summed E-state index contributed by atoms with van der Waals surface area (Å²) in [7, 11) is 1.80. The molecule has 2 aromatic heterocycles. The van der Waals surface area contributed by atoms with Crippen molar-refractivity contribution in [3.63, 3.8) is 0 Å². The molecule has 4 rings (SSSR count). The topological polar surface area (TPSA) is 87.8 Å². The van der Waals surface area contributed by atoms with Gasteiger partial charge in [-0.2, -0.15) is 9.97 Å². The molecule has 0 aromatic carbocycles. The monoisotopic (exact) mass is 260 g/mol. The molecule has 0 saturated carbocycles. The number of ether oxygens (including phenoxy) is 1. The van der Waals surface area contributed by atoms with Crippen LogP contribution in [0.25, 0.3) is 11.2 Å². The van der Waals surface area contributed by atoms with E-state index in [9.17, 15) is 0 Å². The zero-order valence-electron chi connectivity index (χ0n) is 10.7. The Labute approximate surface area is 110 Å². The first-order valence-corrected chi connectivity index (χ1v) is 6.64. The number of fused-ring (bicyclic) bond motifs is 3. The van der Waals surface area contributed by atoms with E-state index in [-0.39, 0.29) is 0 Å². The fourth-order valence-electron chi connectivity index (χ4n) is 3.01. The van der Waals surface area contributed by atoms with E-state index in [2.05, 4.69) is 30.6 Å². The smallest absolute Gasteiger partial charge is 0.226 e. The molecule has 0 aliphatic carbocycles. The maximum Gasteiger partial charge on any atom is 0.226 e. The SMILES string of the molecule is CNc1nc(NC2CC3CCC2O3)c2[nH]cnc2n1. The molecule has 4 heterocycles. The van der Waals surface area contributed by atoms with Crippen molar-refractivity contribution < 1.29 is 4.74 Å². The van der Waals surface area contributed by atoms with E-state index in [0.29, 0.717) is 29.8 Å². The van der Waals surface area contributed by atoms with Gasteiger partial charge in [-0.25, -0.2) is 4.98 Å². The Morgan fingerprint density at radius 1 is 1.37 bits per heavy atom. The summed E-state index contributed by atoms with van der Waals surface area (Å²) in [6, 6.07) is 0.338. The highest BCUT2D eigenvalue weighted by Gasteiger charge is 2.41. The zero-order chi connectivity index (χ0) is 12.8. The Morgan fingerprint density at radius 3 is 3.05 bits per heavy atom. The zero-order valence-corrected chi connectivity index (χ0v) is 10.7. The van der Waals surface area contributed by atoms with E-state index in [1.807, 2.05) is 0 Å². The number of aromatic nitrogens is 4. The van der Waals surface area contributed by atoms with Gasteiger partial charge in [-0.1, -0.05) is 0 Å². The largest absolute Gasteiger partial charge is 0.373 e.